The lowest BCUT2D eigenvalue weighted by Crippen LogP contribution is -2.00. The Labute approximate surface area is 152 Å². The first-order valence-electron chi connectivity index (χ1n) is 7.46. The molecule has 3 nitrogen and oxygen atoms in total. The van der Waals surface area contributed by atoms with Gasteiger partial charge in [0.1, 0.15) is 0 Å². The average Bonchev–Trinajstić information content (AvgIpc) is 2.61. The van der Waals surface area contributed by atoms with Crippen LogP contribution >= 0.6 is 22.6 Å². The first kappa shape index (κ1) is 15.1. The number of carbonyl (C=O) groups is 1. The molecule has 0 saturated heterocycles. The van der Waals surface area contributed by atoms with Crippen molar-refractivity contribution in [1.82, 2.24) is 4.98 Å². The number of rotatable bonds is 2. The standard InChI is InChI=1S/C20H12INO2/c21-13-10-8-12(9-11-13)18-15-5-2-1-4-14(15)16-6-3-7-17(20(23)24)19(16)22-18/h1-11H,(H,23,24). The number of hydrogen-bond donors (Lipinski definition) is 1. The minimum absolute atomic E-state index is 0.227. The van der Waals surface area contributed by atoms with Crippen molar-refractivity contribution in [3.63, 3.8) is 0 Å². The van der Waals surface area contributed by atoms with E-state index in [1.807, 2.05) is 54.6 Å². The quantitative estimate of drug-likeness (QED) is 0.348. The lowest BCUT2D eigenvalue weighted by molar-refractivity contribution is 0.0699. The van der Waals surface area contributed by atoms with Crippen LogP contribution in [0.4, 0.5) is 0 Å². The van der Waals surface area contributed by atoms with E-state index >= 15 is 0 Å². The van der Waals surface area contributed by atoms with E-state index in [0.717, 1.165) is 31.0 Å². The second-order valence-electron chi connectivity index (χ2n) is 5.52. The van der Waals surface area contributed by atoms with E-state index in [2.05, 4.69) is 22.6 Å². The van der Waals surface area contributed by atoms with E-state index in [9.17, 15) is 9.90 Å². The van der Waals surface area contributed by atoms with Gasteiger partial charge >= 0.3 is 5.97 Å². The maximum atomic E-state index is 11.6. The number of fused-ring (bicyclic) bond motifs is 3. The fourth-order valence-corrected chi connectivity index (χ4v) is 3.34. The Kier molecular flexibility index (Phi) is 3.69. The number of benzene rings is 3. The molecule has 0 saturated carbocycles. The molecule has 0 bridgehead atoms. The van der Waals surface area contributed by atoms with Crippen LogP contribution in [-0.4, -0.2) is 16.1 Å². The zero-order valence-corrected chi connectivity index (χ0v) is 14.7. The zero-order valence-electron chi connectivity index (χ0n) is 12.5. The van der Waals surface area contributed by atoms with E-state index in [0.29, 0.717) is 5.52 Å². The van der Waals surface area contributed by atoms with Gasteiger partial charge in [0.05, 0.1) is 16.8 Å². The van der Waals surface area contributed by atoms with Crippen molar-refractivity contribution in [2.24, 2.45) is 0 Å². The monoisotopic (exact) mass is 425 g/mol. The van der Waals surface area contributed by atoms with Crippen molar-refractivity contribution < 1.29 is 9.90 Å². The normalized spacial score (nSPS) is 11.0. The number of aromatic carboxylic acids is 1. The first-order chi connectivity index (χ1) is 11.6. The van der Waals surface area contributed by atoms with Crippen LogP contribution in [-0.2, 0) is 0 Å². The van der Waals surface area contributed by atoms with Gasteiger partial charge < -0.3 is 5.11 Å². The Balaban J connectivity index is 2.17. The molecular formula is C20H12INO2. The third kappa shape index (κ3) is 2.43. The Morgan fingerprint density at radius 2 is 1.50 bits per heavy atom. The van der Waals surface area contributed by atoms with Gasteiger partial charge in [-0.25, -0.2) is 9.78 Å². The summed E-state index contributed by atoms with van der Waals surface area (Å²) in [5.74, 6) is -0.961. The van der Waals surface area contributed by atoms with E-state index in [-0.39, 0.29) is 5.56 Å². The van der Waals surface area contributed by atoms with Gasteiger partial charge in [-0.3, -0.25) is 0 Å². The summed E-state index contributed by atoms with van der Waals surface area (Å²) in [5.41, 5.74) is 2.54. The number of hydrogen-bond acceptors (Lipinski definition) is 2. The first-order valence-corrected chi connectivity index (χ1v) is 8.54. The van der Waals surface area contributed by atoms with Crippen LogP contribution in [0.2, 0.25) is 0 Å². The predicted octanol–water partition coefficient (Wildman–Crippen LogP) is 5.36. The molecule has 0 atom stereocenters. The molecule has 3 aromatic carbocycles. The molecule has 0 aliphatic rings. The molecule has 24 heavy (non-hydrogen) atoms. The minimum atomic E-state index is -0.961. The van der Waals surface area contributed by atoms with Crippen LogP contribution in [0.5, 0.6) is 0 Å². The molecule has 4 heteroatoms. The number of pyridine rings is 1. The van der Waals surface area contributed by atoms with Crippen LogP contribution in [0.1, 0.15) is 10.4 Å². The number of nitrogens with zero attached hydrogens (tertiary/aromatic N) is 1. The van der Waals surface area contributed by atoms with Crippen molar-refractivity contribution >= 4 is 50.2 Å². The largest absolute Gasteiger partial charge is 0.478 e. The van der Waals surface area contributed by atoms with Crippen molar-refractivity contribution in [2.45, 2.75) is 0 Å². The molecule has 0 aliphatic heterocycles. The van der Waals surface area contributed by atoms with Crippen molar-refractivity contribution in [1.29, 1.82) is 0 Å². The summed E-state index contributed by atoms with van der Waals surface area (Å²) < 4.78 is 1.15. The summed E-state index contributed by atoms with van der Waals surface area (Å²) >= 11 is 2.26. The Hall–Kier alpha value is -2.47. The maximum Gasteiger partial charge on any atom is 0.337 e. The van der Waals surface area contributed by atoms with Gasteiger partial charge in [-0.1, -0.05) is 48.5 Å². The molecule has 116 valence electrons. The van der Waals surface area contributed by atoms with Gasteiger partial charge in [-0.05, 0) is 46.2 Å². The van der Waals surface area contributed by atoms with E-state index in [1.165, 1.54) is 0 Å². The highest BCUT2D eigenvalue weighted by molar-refractivity contribution is 14.1. The number of para-hydroxylation sites is 1. The second kappa shape index (κ2) is 5.87. The molecule has 4 rings (SSSR count). The van der Waals surface area contributed by atoms with Crippen LogP contribution in [0.15, 0.2) is 66.7 Å². The van der Waals surface area contributed by atoms with Crippen LogP contribution in [0.3, 0.4) is 0 Å². The highest BCUT2D eigenvalue weighted by Gasteiger charge is 2.15. The summed E-state index contributed by atoms with van der Waals surface area (Å²) in [4.78, 5) is 16.3. The SMILES string of the molecule is O=C(O)c1cccc2c1nc(-c1ccc(I)cc1)c1ccccc12. The second-order valence-corrected chi connectivity index (χ2v) is 6.77. The van der Waals surface area contributed by atoms with Crippen molar-refractivity contribution in [3.8, 4) is 11.3 Å². The topological polar surface area (TPSA) is 50.2 Å². The fourth-order valence-electron chi connectivity index (χ4n) is 2.98. The number of halogens is 1. The van der Waals surface area contributed by atoms with Gasteiger partial charge in [0.25, 0.3) is 0 Å². The Bertz CT molecular complexity index is 1090. The molecule has 0 spiro atoms. The summed E-state index contributed by atoms with van der Waals surface area (Å²) in [6, 6.07) is 21.4. The summed E-state index contributed by atoms with van der Waals surface area (Å²) in [6.07, 6.45) is 0. The van der Waals surface area contributed by atoms with Gasteiger partial charge in [-0.15, -0.1) is 0 Å². The molecule has 0 unspecified atom stereocenters. The number of carboxylic acid groups (broad SMARTS) is 1. The van der Waals surface area contributed by atoms with Gasteiger partial charge in [-0.2, -0.15) is 0 Å². The van der Waals surface area contributed by atoms with Crippen LogP contribution in [0.25, 0.3) is 32.9 Å². The molecule has 0 fully saturated rings. The Morgan fingerprint density at radius 3 is 2.21 bits per heavy atom. The summed E-state index contributed by atoms with van der Waals surface area (Å²) in [7, 11) is 0. The highest BCUT2D eigenvalue weighted by Crippen LogP contribution is 2.33. The highest BCUT2D eigenvalue weighted by atomic mass is 127. The van der Waals surface area contributed by atoms with Gasteiger partial charge in [0.2, 0.25) is 0 Å². The smallest absolute Gasteiger partial charge is 0.337 e. The molecule has 4 aromatic rings. The number of aromatic nitrogens is 1. The molecule has 0 amide bonds. The Morgan fingerprint density at radius 1 is 0.833 bits per heavy atom. The third-order valence-electron chi connectivity index (χ3n) is 4.08. The van der Waals surface area contributed by atoms with Gasteiger partial charge in [0, 0.05) is 19.9 Å². The van der Waals surface area contributed by atoms with E-state index in [1.54, 1.807) is 12.1 Å². The van der Waals surface area contributed by atoms with E-state index in [4.69, 9.17) is 4.98 Å². The average molecular weight is 425 g/mol. The zero-order chi connectivity index (χ0) is 16.7. The molecular weight excluding hydrogens is 413 g/mol. The predicted molar refractivity (Wildman–Crippen MR) is 104 cm³/mol. The molecule has 0 aliphatic carbocycles. The number of carboxylic acids is 1. The lowest BCUT2D eigenvalue weighted by atomic mass is 9.98. The minimum Gasteiger partial charge on any atom is -0.478 e. The molecule has 0 radical (unpaired) electrons. The van der Waals surface area contributed by atoms with Crippen LogP contribution in [0, 0.1) is 3.57 Å². The molecule has 1 heterocycles. The summed E-state index contributed by atoms with van der Waals surface area (Å²) in [6.45, 7) is 0. The molecule has 1 N–H and O–H groups in total. The fraction of sp³-hybridized carbons (Fsp3) is 0. The summed E-state index contributed by atoms with van der Waals surface area (Å²) in [5, 5.41) is 12.4. The van der Waals surface area contributed by atoms with Crippen molar-refractivity contribution in [3.05, 3.63) is 75.9 Å². The van der Waals surface area contributed by atoms with E-state index < -0.39 is 5.97 Å². The van der Waals surface area contributed by atoms with Crippen LogP contribution < -0.4 is 0 Å². The third-order valence-corrected chi connectivity index (χ3v) is 4.80. The van der Waals surface area contributed by atoms with Crippen molar-refractivity contribution in [2.75, 3.05) is 0 Å². The van der Waals surface area contributed by atoms with Gasteiger partial charge in [0.15, 0.2) is 0 Å². The molecule has 1 aromatic heterocycles. The maximum absolute atomic E-state index is 11.6. The lowest BCUT2D eigenvalue weighted by Gasteiger charge is -2.11.